The first kappa shape index (κ1) is 17.5. The van der Waals surface area contributed by atoms with E-state index in [1.54, 1.807) is 24.3 Å². The second-order valence-corrected chi connectivity index (χ2v) is 6.28. The van der Waals surface area contributed by atoms with Gasteiger partial charge < -0.3 is 5.11 Å². The van der Waals surface area contributed by atoms with Crippen molar-refractivity contribution < 1.29 is 19.1 Å². The fourth-order valence-corrected chi connectivity index (χ4v) is 3.06. The van der Waals surface area contributed by atoms with E-state index in [1.165, 1.54) is 54.7 Å². The Morgan fingerprint density at radius 2 is 1.32 bits per heavy atom. The zero-order chi connectivity index (χ0) is 19.7. The number of pyridine rings is 1. The lowest BCUT2D eigenvalue weighted by Gasteiger charge is -2.10. The average molecular weight is 371 g/mol. The van der Waals surface area contributed by atoms with Crippen molar-refractivity contribution in [3.63, 3.8) is 0 Å². The molecule has 4 aromatic rings. The molecule has 0 aliphatic carbocycles. The number of nitrogens with zero attached hydrogens (tertiary/aromatic N) is 1. The highest BCUT2D eigenvalue weighted by atomic mass is 19.1. The number of phenols is 1. The number of carbonyl (C=O) groups excluding carboxylic acids is 2. The molecule has 0 spiro atoms. The van der Waals surface area contributed by atoms with Gasteiger partial charge in [0.15, 0.2) is 5.78 Å². The summed E-state index contributed by atoms with van der Waals surface area (Å²) in [7, 11) is 0. The van der Waals surface area contributed by atoms with Crippen molar-refractivity contribution in [1.82, 2.24) is 4.98 Å². The molecule has 0 bridgehead atoms. The van der Waals surface area contributed by atoms with Crippen molar-refractivity contribution in [2.24, 2.45) is 0 Å². The van der Waals surface area contributed by atoms with E-state index in [1.807, 2.05) is 0 Å². The van der Waals surface area contributed by atoms with Crippen molar-refractivity contribution in [3.05, 3.63) is 107 Å². The number of phenolic OH excluding ortho intramolecular Hbond substituents is 1. The molecule has 1 aromatic heterocycles. The van der Waals surface area contributed by atoms with Gasteiger partial charge in [0.2, 0.25) is 5.78 Å². The average Bonchev–Trinajstić information content (AvgIpc) is 2.73. The van der Waals surface area contributed by atoms with E-state index < -0.39 is 5.82 Å². The number of benzene rings is 3. The van der Waals surface area contributed by atoms with Crippen LogP contribution in [0.25, 0.3) is 10.8 Å². The second kappa shape index (κ2) is 7.04. The molecule has 0 saturated carbocycles. The molecule has 136 valence electrons. The van der Waals surface area contributed by atoms with Crippen LogP contribution in [0.15, 0.2) is 79.0 Å². The smallest absolute Gasteiger partial charge is 0.211 e. The largest absolute Gasteiger partial charge is 0.508 e. The zero-order valence-corrected chi connectivity index (χ0v) is 14.6. The Bertz CT molecular complexity index is 1100. The molecule has 4 nitrogen and oxygen atoms in total. The normalized spacial score (nSPS) is 10.8. The van der Waals surface area contributed by atoms with Crippen molar-refractivity contribution in [3.8, 4) is 5.75 Å². The van der Waals surface area contributed by atoms with Gasteiger partial charge in [0, 0.05) is 28.3 Å². The molecule has 4 rings (SSSR count). The summed E-state index contributed by atoms with van der Waals surface area (Å²) in [5, 5.41) is 10.6. The summed E-state index contributed by atoms with van der Waals surface area (Å²) in [5.41, 5.74) is 1.28. The second-order valence-electron chi connectivity index (χ2n) is 6.28. The van der Waals surface area contributed by atoms with Gasteiger partial charge in [-0.3, -0.25) is 14.6 Å². The zero-order valence-electron chi connectivity index (χ0n) is 14.6. The SMILES string of the molecule is O=C(c1ccc(O)cc1)c1cnc(C(=O)c2ccc(F)cc2)c2ccccc12. The van der Waals surface area contributed by atoms with Crippen LogP contribution in [0.2, 0.25) is 0 Å². The Morgan fingerprint density at radius 3 is 2.00 bits per heavy atom. The van der Waals surface area contributed by atoms with E-state index >= 15 is 0 Å². The molecule has 0 radical (unpaired) electrons. The highest BCUT2D eigenvalue weighted by Gasteiger charge is 2.19. The lowest BCUT2D eigenvalue weighted by molar-refractivity contribution is 0.102. The predicted molar refractivity (Wildman–Crippen MR) is 103 cm³/mol. The van der Waals surface area contributed by atoms with Crippen LogP contribution in [-0.4, -0.2) is 21.7 Å². The van der Waals surface area contributed by atoms with E-state index in [0.717, 1.165) is 0 Å². The third kappa shape index (κ3) is 3.14. The minimum atomic E-state index is -0.427. The lowest BCUT2D eigenvalue weighted by atomic mass is 9.96. The fraction of sp³-hybridized carbons (Fsp3) is 0. The first-order valence-electron chi connectivity index (χ1n) is 8.56. The number of aromatic hydroxyl groups is 1. The van der Waals surface area contributed by atoms with Gasteiger partial charge in [-0.25, -0.2) is 4.39 Å². The summed E-state index contributed by atoms with van der Waals surface area (Å²) >= 11 is 0. The number of aromatic nitrogens is 1. The summed E-state index contributed by atoms with van der Waals surface area (Å²) in [6.07, 6.45) is 1.38. The Kier molecular flexibility index (Phi) is 4.41. The molecule has 0 unspecified atom stereocenters. The molecular weight excluding hydrogens is 357 g/mol. The summed E-state index contributed by atoms with van der Waals surface area (Å²) in [5.74, 6) is -0.965. The number of ketones is 2. The Balaban J connectivity index is 1.83. The van der Waals surface area contributed by atoms with Gasteiger partial charge in [0.25, 0.3) is 0 Å². The van der Waals surface area contributed by atoms with Gasteiger partial charge in [-0.2, -0.15) is 0 Å². The molecule has 5 heteroatoms. The number of rotatable bonds is 4. The van der Waals surface area contributed by atoms with Crippen molar-refractivity contribution in [2.45, 2.75) is 0 Å². The van der Waals surface area contributed by atoms with Crippen LogP contribution in [0.3, 0.4) is 0 Å². The van der Waals surface area contributed by atoms with E-state index in [2.05, 4.69) is 4.98 Å². The number of fused-ring (bicyclic) bond motifs is 1. The van der Waals surface area contributed by atoms with Crippen molar-refractivity contribution in [2.75, 3.05) is 0 Å². The third-order valence-corrected chi connectivity index (χ3v) is 4.49. The van der Waals surface area contributed by atoms with Gasteiger partial charge >= 0.3 is 0 Å². The van der Waals surface area contributed by atoms with Crippen LogP contribution >= 0.6 is 0 Å². The minimum absolute atomic E-state index is 0.0692. The number of hydrogen-bond acceptors (Lipinski definition) is 4. The van der Waals surface area contributed by atoms with Crippen LogP contribution in [0.4, 0.5) is 4.39 Å². The van der Waals surface area contributed by atoms with Crippen LogP contribution in [0.5, 0.6) is 5.75 Å². The molecule has 1 N–H and O–H groups in total. The van der Waals surface area contributed by atoms with Gasteiger partial charge in [0.05, 0.1) is 0 Å². The predicted octanol–water partition coefficient (Wildman–Crippen LogP) is 4.54. The van der Waals surface area contributed by atoms with Gasteiger partial charge in [-0.05, 0) is 53.9 Å². The fourth-order valence-electron chi connectivity index (χ4n) is 3.06. The maximum atomic E-state index is 13.2. The molecule has 0 saturated heterocycles. The molecular formula is C23H14FNO3. The first-order valence-corrected chi connectivity index (χ1v) is 8.56. The number of halogens is 1. The maximum absolute atomic E-state index is 13.2. The highest BCUT2D eigenvalue weighted by molar-refractivity contribution is 6.21. The van der Waals surface area contributed by atoms with Crippen LogP contribution in [0.1, 0.15) is 32.0 Å². The molecule has 3 aromatic carbocycles. The molecule has 28 heavy (non-hydrogen) atoms. The number of carbonyl (C=O) groups is 2. The van der Waals surface area contributed by atoms with Gasteiger partial charge in [-0.1, -0.05) is 24.3 Å². The molecule has 0 amide bonds. The summed E-state index contributed by atoms with van der Waals surface area (Å²) in [6.45, 7) is 0. The van der Waals surface area contributed by atoms with Gasteiger partial charge in [0.1, 0.15) is 17.3 Å². The van der Waals surface area contributed by atoms with Crippen molar-refractivity contribution in [1.29, 1.82) is 0 Å². The van der Waals surface area contributed by atoms with Crippen LogP contribution in [-0.2, 0) is 0 Å². The Morgan fingerprint density at radius 1 is 0.750 bits per heavy atom. The highest BCUT2D eigenvalue weighted by Crippen LogP contribution is 2.25. The van der Waals surface area contributed by atoms with E-state index in [0.29, 0.717) is 27.5 Å². The summed E-state index contributed by atoms with van der Waals surface area (Å²) in [4.78, 5) is 30.0. The lowest BCUT2D eigenvalue weighted by Crippen LogP contribution is -2.09. The van der Waals surface area contributed by atoms with Crippen LogP contribution < -0.4 is 0 Å². The number of hydrogen-bond donors (Lipinski definition) is 1. The monoisotopic (exact) mass is 371 g/mol. The summed E-state index contributed by atoms with van der Waals surface area (Å²) in [6, 6.07) is 18.2. The van der Waals surface area contributed by atoms with E-state index in [4.69, 9.17) is 0 Å². The standard InChI is InChI=1S/C23H14FNO3/c24-16-9-5-15(6-10-16)23(28)21-19-4-2-1-3-18(19)20(13-25-21)22(27)14-7-11-17(26)12-8-14/h1-13,26H. The quantitative estimate of drug-likeness (QED) is 0.535. The molecule has 0 aliphatic heterocycles. The molecule has 0 fully saturated rings. The Labute approximate surface area is 159 Å². The molecule has 0 aliphatic rings. The topological polar surface area (TPSA) is 67.3 Å². The minimum Gasteiger partial charge on any atom is -0.508 e. The van der Waals surface area contributed by atoms with Crippen molar-refractivity contribution >= 4 is 22.3 Å². The van der Waals surface area contributed by atoms with E-state index in [-0.39, 0.29) is 23.0 Å². The Hall–Kier alpha value is -3.86. The molecule has 0 atom stereocenters. The molecule has 1 heterocycles. The first-order chi connectivity index (χ1) is 13.5. The van der Waals surface area contributed by atoms with E-state index in [9.17, 15) is 19.1 Å². The third-order valence-electron chi connectivity index (χ3n) is 4.49. The maximum Gasteiger partial charge on any atom is 0.211 e. The summed E-state index contributed by atoms with van der Waals surface area (Å²) < 4.78 is 13.2. The van der Waals surface area contributed by atoms with Gasteiger partial charge in [-0.15, -0.1) is 0 Å². The van der Waals surface area contributed by atoms with Crippen LogP contribution in [0, 0.1) is 5.82 Å².